The number of hydrogen-bond acceptors (Lipinski definition) is 3. The minimum Gasteiger partial charge on any atom is -0.494 e. The van der Waals surface area contributed by atoms with Crippen molar-refractivity contribution in [1.82, 2.24) is 4.90 Å². The third-order valence-electron chi connectivity index (χ3n) is 3.12. The molecular formula is C16H26N2O2. The fraction of sp³-hybridized carbons (Fsp3) is 0.562. The molecule has 0 aliphatic rings. The Labute approximate surface area is 121 Å². The zero-order chi connectivity index (χ0) is 15.2. The van der Waals surface area contributed by atoms with Crippen LogP contribution in [-0.4, -0.2) is 37.6 Å². The number of carbonyl (C=O) groups is 1. The first-order valence-electron chi connectivity index (χ1n) is 7.08. The molecule has 20 heavy (non-hydrogen) atoms. The maximum Gasteiger partial charge on any atom is 0.253 e. The van der Waals surface area contributed by atoms with Crippen molar-refractivity contribution in [2.45, 2.75) is 27.2 Å². The SMILES string of the molecule is CCCOc1cccc(C(=O)N(C)CC(C)(C)CN)c1. The van der Waals surface area contributed by atoms with Crippen LogP contribution in [0.1, 0.15) is 37.6 Å². The van der Waals surface area contributed by atoms with E-state index in [0.717, 1.165) is 12.2 Å². The second-order valence-electron chi connectivity index (χ2n) is 5.91. The minimum atomic E-state index is -0.0826. The highest BCUT2D eigenvalue weighted by molar-refractivity contribution is 5.94. The highest BCUT2D eigenvalue weighted by atomic mass is 16.5. The lowest BCUT2D eigenvalue weighted by Gasteiger charge is -2.29. The van der Waals surface area contributed by atoms with Crippen LogP contribution < -0.4 is 10.5 Å². The van der Waals surface area contributed by atoms with Gasteiger partial charge in [0.05, 0.1) is 6.61 Å². The molecule has 0 spiro atoms. The lowest BCUT2D eigenvalue weighted by Crippen LogP contribution is -2.39. The quantitative estimate of drug-likeness (QED) is 0.834. The molecule has 4 heteroatoms. The third-order valence-corrected chi connectivity index (χ3v) is 3.12. The summed E-state index contributed by atoms with van der Waals surface area (Å²) < 4.78 is 5.56. The van der Waals surface area contributed by atoms with Gasteiger partial charge in [0.15, 0.2) is 0 Å². The van der Waals surface area contributed by atoms with Gasteiger partial charge < -0.3 is 15.4 Å². The van der Waals surface area contributed by atoms with Crippen LogP contribution in [0.3, 0.4) is 0 Å². The van der Waals surface area contributed by atoms with Crippen LogP contribution in [0.2, 0.25) is 0 Å². The summed E-state index contributed by atoms with van der Waals surface area (Å²) in [6, 6.07) is 7.33. The Kier molecular flexibility index (Phi) is 6.02. The average Bonchev–Trinajstić information content (AvgIpc) is 2.44. The van der Waals surface area contributed by atoms with Crippen LogP contribution in [0, 0.1) is 5.41 Å². The molecule has 0 saturated carbocycles. The lowest BCUT2D eigenvalue weighted by molar-refractivity contribution is 0.0740. The van der Waals surface area contributed by atoms with Gasteiger partial charge in [-0.15, -0.1) is 0 Å². The van der Waals surface area contributed by atoms with Crippen molar-refractivity contribution in [3.05, 3.63) is 29.8 Å². The van der Waals surface area contributed by atoms with Gasteiger partial charge >= 0.3 is 0 Å². The summed E-state index contributed by atoms with van der Waals surface area (Å²) in [4.78, 5) is 14.1. The van der Waals surface area contributed by atoms with Crippen LogP contribution in [0.5, 0.6) is 5.75 Å². The predicted molar refractivity (Wildman–Crippen MR) is 82.0 cm³/mol. The molecule has 1 aromatic carbocycles. The van der Waals surface area contributed by atoms with E-state index in [1.165, 1.54) is 0 Å². The van der Waals surface area contributed by atoms with E-state index in [-0.39, 0.29) is 11.3 Å². The van der Waals surface area contributed by atoms with Crippen LogP contribution >= 0.6 is 0 Å². The Balaban J connectivity index is 2.76. The Hall–Kier alpha value is -1.55. The van der Waals surface area contributed by atoms with Gasteiger partial charge in [-0.3, -0.25) is 4.79 Å². The highest BCUT2D eigenvalue weighted by Gasteiger charge is 2.22. The molecule has 1 amide bonds. The second-order valence-corrected chi connectivity index (χ2v) is 5.91. The Morgan fingerprint density at radius 3 is 2.70 bits per heavy atom. The van der Waals surface area contributed by atoms with E-state index in [4.69, 9.17) is 10.5 Å². The van der Waals surface area contributed by atoms with Crippen molar-refractivity contribution < 1.29 is 9.53 Å². The van der Waals surface area contributed by atoms with Gasteiger partial charge in [-0.25, -0.2) is 0 Å². The summed E-state index contributed by atoms with van der Waals surface area (Å²) in [7, 11) is 1.80. The Morgan fingerprint density at radius 1 is 1.40 bits per heavy atom. The molecule has 0 aliphatic carbocycles. The largest absolute Gasteiger partial charge is 0.494 e. The zero-order valence-corrected chi connectivity index (χ0v) is 13.0. The van der Waals surface area contributed by atoms with E-state index < -0.39 is 0 Å². The van der Waals surface area contributed by atoms with E-state index in [1.54, 1.807) is 18.0 Å². The third kappa shape index (κ3) is 4.85. The predicted octanol–water partition coefficient (Wildman–Crippen LogP) is 2.53. The molecule has 0 atom stereocenters. The van der Waals surface area contributed by atoms with E-state index in [0.29, 0.717) is 25.3 Å². The molecule has 0 bridgehead atoms. The van der Waals surface area contributed by atoms with E-state index >= 15 is 0 Å². The molecule has 0 aliphatic heterocycles. The number of hydrogen-bond donors (Lipinski definition) is 1. The smallest absolute Gasteiger partial charge is 0.253 e. The summed E-state index contributed by atoms with van der Waals surface area (Å²) in [5, 5.41) is 0. The summed E-state index contributed by atoms with van der Waals surface area (Å²) in [6.45, 7) is 7.99. The molecule has 0 radical (unpaired) electrons. The van der Waals surface area contributed by atoms with E-state index in [2.05, 4.69) is 20.8 Å². The van der Waals surface area contributed by atoms with Gasteiger partial charge in [0.25, 0.3) is 5.91 Å². The molecule has 0 unspecified atom stereocenters. The normalized spacial score (nSPS) is 11.2. The summed E-state index contributed by atoms with van der Waals surface area (Å²) in [5.74, 6) is 0.734. The number of carbonyl (C=O) groups excluding carboxylic acids is 1. The van der Waals surface area contributed by atoms with Crippen LogP contribution in [0.4, 0.5) is 0 Å². The molecule has 112 valence electrons. The van der Waals surface area contributed by atoms with Crippen LogP contribution in [0.25, 0.3) is 0 Å². The molecule has 0 aromatic heterocycles. The fourth-order valence-electron chi connectivity index (χ4n) is 1.94. The van der Waals surface area contributed by atoms with Crippen molar-refractivity contribution in [2.75, 3.05) is 26.7 Å². The molecule has 2 N–H and O–H groups in total. The maximum absolute atomic E-state index is 12.4. The van der Waals surface area contributed by atoms with E-state index in [1.807, 2.05) is 18.2 Å². The van der Waals surface area contributed by atoms with Crippen molar-refractivity contribution in [3.8, 4) is 5.75 Å². The molecular weight excluding hydrogens is 252 g/mol. The molecule has 1 rings (SSSR count). The Bertz CT molecular complexity index is 444. The monoisotopic (exact) mass is 278 g/mol. The minimum absolute atomic E-state index is 0.00604. The summed E-state index contributed by atoms with van der Waals surface area (Å²) in [5.41, 5.74) is 6.28. The van der Waals surface area contributed by atoms with Gasteiger partial charge in [-0.1, -0.05) is 26.8 Å². The molecule has 0 heterocycles. The van der Waals surface area contributed by atoms with Crippen molar-refractivity contribution in [2.24, 2.45) is 11.1 Å². The number of benzene rings is 1. The average molecular weight is 278 g/mol. The Morgan fingerprint density at radius 2 is 2.10 bits per heavy atom. The van der Waals surface area contributed by atoms with E-state index in [9.17, 15) is 4.79 Å². The van der Waals surface area contributed by atoms with Gasteiger partial charge in [-0.2, -0.15) is 0 Å². The number of amides is 1. The molecule has 1 aromatic rings. The van der Waals surface area contributed by atoms with Gasteiger partial charge in [-0.05, 0) is 36.6 Å². The topological polar surface area (TPSA) is 55.6 Å². The number of ether oxygens (including phenoxy) is 1. The van der Waals surface area contributed by atoms with Crippen LogP contribution in [0.15, 0.2) is 24.3 Å². The van der Waals surface area contributed by atoms with Gasteiger partial charge in [0, 0.05) is 19.2 Å². The molecule has 0 saturated heterocycles. The maximum atomic E-state index is 12.4. The first-order valence-corrected chi connectivity index (χ1v) is 7.08. The zero-order valence-electron chi connectivity index (χ0n) is 13.0. The highest BCUT2D eigenvalue weighted by Crippen LogP contribution is 2.18. The fourth-order valence-corrected chi connectivity index (χ4v) is 1.94. The van der Waals surface area contributed by atoms with Gasteiger partial charge in [0.1, 0.15) is 5.75 Å². The van der Waals surface area contributed by atoms with Crippen molar-refractivity contribution in [3.63, 3.8) is 0 Å². The summed E-state index contributed by atoms with van der Waals surface area (Å²) >= 11 is 0. The summed E-state index contributed by atoms with van der Waals surface area (Å²) in [6.07, 6.45) is 0.947. The number of nitrogens with zero attached hydrogens (tertiary/aromatic N) is 1. The number of rotatable bonds is 7. The molecule has 0 fully saturated rings. The molecule has 4 nitrogen and oxygen atoms in total. The van der Waals surface area contributed by atoms with Gasteiger partial charge in [0.2, 0.25) is 0 Å². The lowest BCUT2D eigenvalue weighted by atomic mass is 9.93. The van der Waals surface area contributed by atoms with Crippen LogP contribution in [-0.2, 0) is 0 Å². The first-order chi connectivity index (χ1) is 9.39. The second kappa shape index (κ2) is 7.29. The standard InChI is InChI=1S/C16H26N2O2/c1-5-9-20-14-8-6-7-13(10-14)15(19)18(4)12-16(2,3)11-17/h6-8,10H,5,9,11-12,17H2,1-4H3. The van der Waals surface area contributed by atoms with Crippen molar-refractivity contribution >= 4 is 5.91 Å². The number of nitrogens with two attached hydrogens (primary N) is 1. The first kappa shape index (κ1) is 16.5. The van der Waals surface area contributed by atoms with Crippen molar-refractivity contribution in [1.29, 1.82) is 0 Å².